The molecule has 1 unspecified atom stereocenters. The molecule has 0 spiro atoms. The van der Waals surface area contributed by atoms with Crippen LogP contribution in [-0.4, -0.2) is 47.1 Å². The lowest BCUT2D eigenvalue weighted by atomic mass is 10.2. The van der Waals surface area contributed by atoms with Crippen molar-refractivity contribution in [1.29, 1.82) is 0 Å². The molecule has 86 valence electrons. The first-order valence-corrected chi connectivity index (χ1v) is 5.24. The van der Waals surface area contributed by atoms with Gasteiger partial charge in [0.05, 0.1) is 12.6 Å². The van der Waals surface area contributed by atoms with Gasteiger partial charge in [0.1, 0.15) is 6.04 Å². The monoisotopic (exact) mass is 214 g/mol. The van der Waals surface area contributed by atoms with Crippen molar-refractivity contribution in [3.63, 3.8) is 0 Å². The molecule has 0 aromatic rings. The Bertz CT molecular complexity index is 255. The van der Waals surface area contributed by atoms with Crippen molar-refractivity contribution < 1.29 is 14.7 Å². The van der Waals surface area contributed by atoms with Gasteiger partial charge in [0.2, 0.25) is 11.8 Å². The first-order chi connectivity index (χ1) is 7.06. The number of hydrogen-bond acceptors (Lipinski definition) is 3. The van der Waals surface area contributed by atoms with Gasteiger partial charge < -0.3 is 15.3 Å². The average Bonchev–Trinajstić information content (AvgIpc) is 2.62. The fourth-order valence-corrected chi connectivity index (χ4v) is 1.93. The van der Waals surface area contributed by atoms with Crippen molar-refractivity contribution in [2.45, 2.75) is 38.8 Å². The van der Waals surface area contributed by atoms with Crippen LogP contribution in [0.3, 0.4) is 0 Å². The Labute approximate surface area is 89.4 Å². The van der Waals surface area contributed by atoms with Crippen LogP contribution in [0.1, 0.15) is 26.7 Å². The smallest absolute Gasteiger partial charge is 0.245 e. The summed E-state index contributed by atoms with van der Waals surface area (Å²) in [6.07, 6.45) is 1.76. The molecule has 0 saturated carbocycles. The van der Waals surface area contributed by atoms with Gasteiger partial charge in [-0.05, 0) is 19.8 Å². The third-order valence-electron chi connectivity index (χ3n) is 2.66. The summed E-state index contributed by atoms with van der Waals surface area (Å²) >= 11 is 0. The van der Waals surface area contributed by atoms with Gasteiger partial charge in [-0.3, -0.25) is 9.59 Å². The van der Waals surface area contributed by atoms with Gasteiger partial charge in [0.25, 0.3) is 0 Å². The number of aliphatic hydroxyl groups excluding tert-OH is 1. The summed E-state index contributed by atoms with van der Waals surface area (Å²) in [4.78, 5) is 24.3. The number of aliphatic hydroxyl groups is 1. The molecule has 2 atom stereocenters. The zero-order valence-electron chi connectivity index (χ0n) is 9.19. The zero-order valence-corrected chi connectivity index (χ0v) is 9.19. The maximum atomic E-state index is 11.9. The fraction of sp³-hybridized carbons (Fsp3) is 0.800. The van der Waals surface area contributed by atoms with Gasteiger partial charge in [0, 0.05) is 13.5 Å². The van der Waals surface area contributed by atoms with Gasteiger partial charge in [0.15, 0.2) is 0 Å². The van der Waals surface area contributed by atoms with Crippen LogP contribution in [0.15, 0.2) is 0 Å². The van der Waals surface area contributed by atoms with E-state index in [-0.39, 0.29) is 24.5 Å². The zero-order chi connectivity index (χ0) is 11.4. The van der Waals surface area contributed by atoms with Gasteiger partial charge >= 0.3 is 0 Å². The summed E-state index contributed by atoms with van der Waals surface area (Å²) in [6.45, 7) is 3.72. The minimum absolute atomic E-state index is 0.00146. The predicted octanol–water partition coefficient (Wildman–Crippen LogP) is -0.506. The summed E-state index contributed by atoms with van der Waals surface area (Å²) in [7, 11) is 0. The summed E-state index contributed by atoms with van der Waals surface area (Å²) in [5.74, 6) is -0.322. The quantitative estimate of drug-likeness (QED) is 0.665. The Hall–Kier alpha value is -1.10. The largest absolute Gasteiger partial charge is 0.394 e. The Balaban J connectivity index is 2.55. The molecule has 1 heterocycles. The van der Waals surface area contributed by atoms with Crippen LogP contribution in [0.25, 0.3) is 0 Å². The molecule has 0 bridgehead atoms. The first-order valence-electron chi connectivity index (χ1n) is 5.24. The Morgan fingerprint density at radius 2 is 2.27 bits per heavy atom. The molecule has 1 aliphatic rings. The second-order valence-corrected chi connectivity index (χ2v) is 3.93. The van der Waals surface area contributed by atoms with Crippen LogP contribution in [0.2, 0.25) is 0 Å². The molecule has 0 aromatic carbocycles. The van der Waals surface area contributed by atoms with Crippen molar-refractivity contribution in [3.8, 4) is 0 Å². The number of carbonyl (C=O) groups excluding carboxylic acids is 2. The third-order valence-corrected chi connectivity index (χ3v) is 2.66. The molecule has 1 rings (SSSR count). The highest BCUT2D eigenvalue weighted by Gasteiger charge is 2.30. The summed E-state index contributed by atoms with van der Waals surface area (Å²) < 4.78 is 0. The van der Waals surface area contributed by atoms with Crippen LogP contribution in [0.5, 0.6) is 0 Å². The normalized spacial score (nSPS) is 22.6. The van der Waals surface area contributed by atoms with Crippen LogP contribution in [0.4, 0.5) is 0 Å². The van der Waals surface area contributed by atoms with E-state index in [1.54, 1.807) is 11.8 Å². The maximum absolute atomic E-state index is 11.9. The molecule has 1 saturated heterocycles. The minimum atomic E-state index is -0.505. The van der Waals surface area contributed by atoms with Crippen molar-refractivity contribution in [3.05, 3.63) is 0 Å². The van der Waals surface area contributed by atoms with E-state index in [0.29, 0.717) is 6.54 Å². The standard InChI is InChI=1S/C10H18N2O3/c1-7(11-8(2)14)10(15)12-5-3-4-9(12)6-13/h7,9,13H,3-6H2,1-2H3,(H,11,14)/t7?,9-/m0/s1. The number of nitrogens with one attached hydrogen (secondary N) is 1. The predicted molar refractivity (Wildman–Crippen MR) is 55.1 cm³/mol. The molecule has 1 fully saturated rings. The number of hydrogen-bond donors (Lipinski definition) is 2. The van der Waals surface area contributed by atoms with E-state index in [9.17, 15) is 9.59 Å². The van der Waals surface area contributed by atoms with Crippen molar-refractivity contribution in [1.82, 2.24) is 10.2 Å². The summed E-state index contributed by atoms with van der Waals surface area (Å²) in [5, 5.41) is 11.6. The SMILES string of the molecule is CC(=O)NC(C)C(=O)N1CCC[C@H]1CO. The van der Waals surface area contributed by atoms with Gasteiger partial charge in [-0.2, -0.15) is 0 Å². The third kappa shape index (κ3) is 2.92. The van der Waals surface area contributed by atoms with Crippen LogP contribution in [0, 0.1) is 0 Å². The fourth-order valence-electron chi connectivity index (χ4n) is 1.93. The van der Waals surface area contributed by atoms with Crippen LogP contribution >= 0.6 is 0 Å². The molecule has 15 heavy (non-hydrogen) atoms. The van der Waals surface area contributed by atoms with Gasteiger partial charge in [-0.15, -0.1) is 0 Å². The molecule has 0 radical (unpaired) electrons. The lowest BCUT2D eigenvalue weighted by molar-refractivity contribution is -0.136. The van der Waals surface area contributed by atoms with E-state index in [2.05, 4.69) is 5.32 Å². The molecular formula is C10H18N2O3. The topological polar surface area (TPSA) is 69.6 Å². The number of carbonyl (C=O) groups is 2. The van der Waals surface area contributed by atoms with Gasteiger partial charge in [-0.25, -0.2) is 0 Å². The highest BCUT2D eigenvalue weighted by molar-refractivity contribution is 5.86. The second-order valence-electron chi connectivity index (χ2n) is 3.93. The van der Waals surface area contributed by atoms with Crippen molar-refractivity contribution in [2.24, 2.45) is 0 Å². The van der Waals surface area contributed by atoms with E-state index >= 15 is 0 Å². The second kappa shape index (κ2) is 5.11. The minimum Gasteiger partial charge on any atom is -0.394 e. The molecule has 0 aromatic heterocycles. The average molecular weight is 214 g/mol. The number of amides is 2. The molecule has 5 heteroatoms. The molecule has 2 N–H and O–H groups in total. The van der Waals surface area contributed by atoms with Crippen LogP contribution in [-0.2, 0) is 9.59 Å². The first kappa shape index (κ1) is 12.0. The number of likely N-dealkylation sites (tertiary alicyclic amines) is 1. The Morgan fingerprint density at radius 3 is 2.80 bits per heavy atom. The number of nitrogens with zero attached hydrogens (tertiary/aromatic N) is 1. The molecule has 1 aliphatic heterocycles. The Morgan fingerprint density at radius 1 is 1.60 bits per heavy atom. The van der Waals surface area contributed by atoms with E-state index < -0.39 is 6.04 Å². The van der Waals surface area contributed by atoms with Crippen molar-refractivity contribution >= 4 is 11.8 Å². The summed E-state index contributed by atoms with van der Waals surface area (Å²) in [5.41, 5.74) is 0. The lowest BCUT2D eigenvalue weighted by Gasteiger charge is -2.26. The molecule has 2 amide bonds. The number of rotatable bonds is 3. The highest BCUT2D eigenvalue weighted by Crippen LogP contribution is 2.17. The van der Waals surface area contributed by atoms with E-state index in [0.717, 1.165) is 12.8 Å². The highest BCUT2D eigenvalue weighted by atomic mass is 16.3. The van der Waals surface area contributed by atoms with Crippen molar-refractivity contribution in [2.75, 3.05) is 13.2 Å². The van der Waals surface area contributed by atoms with E-state index in [1.165, 1.54) is 6.92 Å². The van der Waals surface area contributed by atoms with Crippen LogP contribution < -0.4 is 5.32 Å². The Kier molecular flexibility index (Phi) is 4.08. The summed E-state index contributed by atoms with van der Waals surface area (Å²) in [6, 6.07) is -0.580. The molecule has 5 nitrogen and oxygen atoms in total. The van der Waals surface area contributed by atoms with E-state index in [1.807, 2.05) is 0 Å². The van der Waals surface area contributed by atoms with Gasteiger partial charge in [-0.1, -0.05) is 0 Å². The maximum Gasteiger partial charge on any atom is 0.245 e. The lowest BCUT2D eigenvalue weighted by Crippen LogP contribution is -2.48. The molecular weight excluding hydrogens is 196 g/mol. The molecule has 0 aliphatic carbocycles. The van der Waals surface area contributed by atoms with E-state index in [4.69, 9.17) is 5.11 Å².